The van der Waals surface area contributed by atoms with Gasteiger partial charge in [-0.15, -0.1) is 0 Å². The van der Waals surface area contributed by atoms with Gasteiger partial charge in [-0.1, -0.05) is 11.6 Å². The Kier molecular flexibility index (Phi) is 5.88. The van der Waals surface area contributed by atoms with Crippen LogP contribution in [0, 0.1) is 35.0 Å². The molecule has 2 aliphatic heterocycles. The van der Waals surface area contributed by atoms with Crippen molar-refractivity contribution in [1.82, 2.24) is 4.90 Å². The molecule has 156 valence electrons. The van der Waals surface area contributed by atoms with Gasteiger partial charge in [0.1, 0.15) is 0 Å². The molecule has 2 saturated heterocycles. The molecule has 4 rings (SSSR count). The second-order valence-corrected chi connectivity index (χ2v) is 9.87. The molecule has 1 saturated carbocycles. The van der Waals surface area contributed by atoms with Crippen molar-refractivity contribution in [3.8, 4) is 6.07 Å². The number of nitrogens with one attached hydrogen (secondary N) is 1. The van der Waals surface area contributed by atoms with Crippen molar-refractivity contribution in [2.75, 3.05) is 38.2 Å². The quantitative estimate of drug-likeness (QED) is 0.791. The van der Waals surface area contributed by atoms with Gasteiger partial charge in [-0.05, 0) is 74.6 Å². The number of ether oxygens (including phenoxy) is 1. The van der Waals surface area contributed by atoms with Crippen molar-refractivity contribution in [3.63, 3.8) is 0 Å². The van der Waals surface area contributed by atoms with Gasteiger partial charge in [0.15, 0.2) is 0 Å². The Morgan fingerprint density at radius 3 is 2.55 bits per heavy atom. The van der Waals surface area contributed by atoms with Crippen LogP contribution in [0.4, 0.5) is 5.69 Å². The van der Waals surface area contributed by atoms with Crippen LogP contribution < -0.4 is 5.32 Å². The summed E-state index contributed by atoms with van der Waals surface area (Å²) >= 11 is 6.10. The first-order valence-electron chi connectivity index (χ1n) is 10.7. The third kappa shape index (κ3) is 4.60. The molecular weight excluding hydrogens is 386 g/mol. The van der Waals surface area contributed by atoms with Crippen LogP contribution in [-0.4, -0.2) is 43.7 Å². The van der Waals surface area contributed by atoms with Crippen LogP contribution in [0.2, 0.25) is 5.02 Å². The molecule has 1 aromatic rings. The highest BCUT2D eigenvalue weighted by Crippen LogP contribution is 2.47. The topological polar surface area (TPSA) is 65.4 Å². The smallest absolute Gasteiger partial charge is 0.227 e. The Bertz CT molecular complexity index is 777. The van der Waals surface area contributed by atoms with Crippen LogP contribution in [0.15, 0.2) is 18.2 Å². The molecule has 0 unspecified atom stereocenters. The number of nitrogens with zero attached hydrogens (tertiary/aromatic N) is 2. The Balaban J connectivity index is 1.26. The van der Waals surface area contributed by atoms with Crippen LogP contribution in [-0.2, 0) is 9.53 Å². The second kappa shape index (κ2) is 8.26. The number of likely N-dealkylation sites (tertiary alicyclic amines) is 1. The molecule has 3 fully saturated rings. The SMILES string of the molecule is Cc1cc(Cl)cc(NC(=O)C2CCC3(CC2)CN(CC2(C#N)CCOCC2)C3)c1. The molecule has 0 aromatic heterocycles. The number of halogens is 1. The number of benzene rings is 1. The van der Waals surface area contributed by atoms with E-state index in [9.17, 15) is 10.1 Å². The number of amides is 1. The Hall–Kier alpha value is -1.61. The number of aryl methyl sites for hydroxylation is 1. The van der Waals surface area contributed by atoms with E-state index in [2.05, 4.69) is 16.3 Å². The predicted molar refractivity (Wildman–Crippen MR) is 114 cm³/mol. The number of nitriles is 1. The van der Waals surface area contributed by atoms with Gasteiger partial charge in [0.05, 0.1) is 11.5 Å². The summed E-state index contributed by atoms with van der Waals surface area (Å²) in [4.78, 5) is 15.2. The van der Waals surface area contributed by atoms with Crippen molar-refractivity contribution in [3.05, 3.63) is 28.8 Å². The Morgan fingerprint density at radius 1 is 1.24 bits per heavy atom. The van der Waals surface area contributed by atoms with Gasteiger partial charge in [-0.25, -0.2) is 0 Å². The number of carbonyl (C=O) groups excluding carboxylic acids is 1. The maximum atomic E-state index is 12.7. The molecule has 2 heterocycles. The minimum Gasteiger partial charge on any atom is -0.381 e. The fourth-order valence-electron chi connectivity index (χ4n) is 5.37. The van der Waals surface area contributed by atoms with Gasteiger partial charge in [0, 0.05) is 49.5 Å². The summed E-state index contributed by atoms with van der Waals surface area (Å²) in [7, 11) is 0. The fourth-order valence-corrected chi connectivity index (χ4v) is 5.66. The summed E-state index contributed by atoms with van der Waals surface area (Å²) in [6, 6.07) is 8.23. The maximum Gasteiger partial charge on any atom is 0.227 e. The molecule has 1 spiro atoms. The van der Waals surface area contributed by atoms with Gasteiger partial charge < -0.3 is 15.0 Å². The largest absolute Gasteiger partial charge is 0.381 e. The second-order valence-electron chi connectivity index (χ2n) is 9.43. The summed E-state index contributed by atoms with van der Waals surface area (Å²) in [5, 5.41) is 13.4. The van der Waals surface area contributed by atoms with Crippen molar-refractivity contribution in [2.24, 2.45) is 16.7 Å². The van der Waals surface area contributed by atoms with Gasteiger partial charge in [0.2, 0.25) is 5.91 Å². The first-order valence-corrected chi connectivity index (χ1v) is 11.1. The monoisotopic (exact) mass is 415 g/mol. The van der Waals surface area contributed by atoms with E-state index in [-0.39, 0.29) is 17.2 Å². The lowest BCUT2D eigenvalue weighted by molar-refractivity contribution is -0.124. The Morgan fingerprint density at radius 2 is 1.93 bits per heavy atom. The van der Waals surface area contributed by atoms with E-state index < -0.39 is 0 Å². The molecule has 6 heteroatoms. The molecule has 1 N–H and O–H groups in total. The highest BCUT2D eigenvalue weighted by molar-refractivity contribution is 6.31. The number of rotatable bonds is 4. The van der Waals surface area contributed by atoms with Crippen LogP contribution in [0.25, 0.3) is 0 Å². The lowest BCUT2D eigenvalue weighted by atomic mass is 9.65. The maximum absolute atomic E-state index is 12.7. The van der Waals surface area contributed by atoms with Gasteiger partial charge in [0.25, 0.3) is 0 Å². The molecule has 0 atom stereocenters. The van der Waals surface area contributed by atoms with Crippen molar-refractivity contribution < 1.29 is 9.53 Å². The number of hydrogen-bond donors (Lipinski definition) is 1. The molecule has 5 nitrogen and oxygen atoms in total. The zero-order valence-corrected chi connectivity index (χ0v) is 17.9. The standard InChI is InChI=1S/C23H30ClN3O2/c1-17-10-19(24)12-20(11-17)26-21(28)18-2-4-23(5-3-18)15-27(16-23)14-22(13-25)6-8-29-9-7-22/h10-12,18H,2-9,14-16H2,1H3,(H,26,28). The molecule has 1 amide bonds. The third-order valence-electron chi connectivity index (χ3n) is 7.06. The highest BCUT2D eigenvalue weighted by Gasteiger charge is 2.48. The summed E-state index contributed by atoms with van der Waals surface area (Å²) in [6.07, 6.45) is 5.76. The van der Waals surface area contributed by atoms with E-state index in [0.29, 0.717) is 23.7 Å². The van der Waals surface area contributed by atoms with Gasteiger partial charge >= 0.3 is 0 Å². The molecule has 3 aliphatic rings. The summed E-state index contributed by atoms with van der Waals surface area (Å²) in [5.74, 6) is 0.193. The van der Waals surface area contributed by atoms with Crippen LogP contribution in [0.5, 0.6) is 0 Å². The molecular formula is C23H30ClN3O2. The van der Waals surface area contributed by atoms with Crippen molar-refractivity contribution >= 4 is 23.2 Å². The summed E-state index contributed by atoms with van der Waals surface area (Å²) < 4.78 is 5.44. The van der Waals surface area contributed by atoms with E-state index in [1.165, 1.54) is 0 Å². The van der Waals surface area contributed by atoms with Crippen molar-refractivity contribution in [2.45, 2.75) is 45.4 Å². The summed E-state index contributed by atoms with van der Waals surface area (Å²) in [5.41, 5.74) is 1.95. The minimum atomic E-state index is -0.230. The first-order chi connectivity index (χ1) is 13.9. The van der Waals surface area contributed by atoms with Gasteiger partial charge in [-0.2, -0.15) is 5.26 Å². The molecule has 0 bridgehead atoms. The van der Waals surface area contributed by atoms with Crippen molar-refractivity contribution in [1.29, 1.82) is 5.26 Å². The molecule has 1 aliphatic carbocycles. The number of anilines is 1. The average molecular weight is 416 g/mol. The van der Waals surface area contributed by atoms with Gasteiger partial charge in [-0.3, -0.25) is 4.79 Å². The van der Waals surface area contributed by atoms with Crippen LogP contribution in [0.1, 0.15) is 44.1 Å². The Labute approximate surface area is 178 Å². The highest BCUT2D eigenvalue weighted by atomic mass is 35.5. The lowest BCUT2D eigenvalue weighted by Crippen LogP contribution is -2.60. The lowest BCUT2D eigenvalue weighted by Gasteiger charge is -2.55. The van der Waals surface area contributed by atoms with Crippen LogP contribution in [0.3, 0.4) is 0 Å². The van der Waals surface area contributed by atoms with E-state index in [1.54, 1.807) is 0 Å². The molecule has 1 aromatic carbocycles. The van der Waals surface area contributed by atoms with E-state index in [0.717, 1.165) is 69.4 Å². The summed E-state index contributed by atoms with van der Waals surface area (Å²) in [6.45, 7) is 6.39. The normalized spacial score (nSPS) is 23.9. The molecule has 29 heavy (non-hydrogen) atoms. The minimum absolute atomic E-state index is 0.0786. The van der Waals surface area contributed by atoms with E-state index >= 15 is 0 Å². The third-order valence-corrected chi connectivity index (χ3v) is 7.28. The predicted octanol–water partition coefficient (Wildman–Crippen LogP) is 4.40. The number of hydrogen-bond acceptors (Lipinski definition) is 4. The van der Waals surface area contributed by atoms with E-state index in [4.69, 9.17) is 16.3 Å². The van der Waals surface area contributed by atoms with E-state index in [1.807, 2.05) is 25.1 Å². The average Bonchev–Trinajstić information content (AvgIpc) is 2.67. The molecule has 0 radical (unpaired) electrons. The number of carbonyl (C=O) groups is 1. The zero-order chi connectivity index (χ0) is 20.5. The fraction of sp³-hybridized carbons (Fsp3) is 0.652. The zero-order valence-electron chi connectivity index (χ0n) is 17.2. The van der Waals surface area contributed by atoms with Crippen LogP contribution >= 0.6 is 11.6 Å². The first kappa shape index (κ1) is 20.7.